The molecule has 0 bridgehead atoms. The molecule has 1 aromatic heterocycles. The number of carbonyl (C=O) groups excluding carboxylic acids is 1. The number of imidazole rings is 1. The van der Waals surface area contributed by atoms with Crippen molar-refractivity contribution in [1.29, 1.82) is 0 Å². The maximum absolute atomic E-state index is 12.7. The Morgan fingerprint density at radius 3 is 2.50 bits per heavy atom. The third-order valence-corrected chi connectivity index (χ3v) is 5.31. The predicted molar refractivity (Wildman–Crippen MR) is 97.6 cm³/mol. The number of benzene rings is 1. The summed E-state index contributed by atoms with van der Waals surface area (Å²) < 4.78 is 31.7. The number of sulfonamides is 1. The molecular weight excluding hydrogens is 360 g/mol. The molecule has 1 amide bonds. The van der Waals surface area contributed by atoms with Gasteiger partial charge in [-0.2, -0.15) is 4.31 Å². The van der Waals surface area contributed by atoms with Crippen LogP contribution in [-0.4, -0.2) is 54.0 Å². The number of rotatable bonds is 5. The van der Waals surface area contributed by atoms with Crippen molar-refractivity contribution in [2.24, 2.45) is 0 Å². The maximum Gasteiger partial charge on any atom is 0.407 e. The number of ether oxygens (including phenoxy) is 1. The highest BCUT2D eigenvalue weighted by atomic mass is 32.2. The Morgan fingerprint density at radius 2 is 1.88 bits per heavy atom. The van der Waals surface area contributed by atoms with Crippen molar-refractivity contribution in [3.63, 3.8) is 0 Å². The largest absolute Gasteiger partial charge is 0.444 e. The van der Waals surface area contributed by atoms with Crippen molar-refractivity contribution < 1.29 is 17.9 Å². The van der Waals surface area contributed by atoms with Gasteiger partial charge in [-0.1, -0.05) is 0 Å². The van der Waals surface area contributed by atoms with Gasteiger partial charge in [0.2, 0.25) is 10.0 Å². The number of fused-ring (bicyclic) bond motifs is 1. The number of hydrogen-bond acceptors (Lipinski definition) is 5. The summed E-state index contributed by atoms with van der Waals surface area (Å²) in [5.41, 5.74) is -0.107. The fourth-order valence-corrected chi connectivity index (χ4v) is 3.68. The molecule has 0 saturated heterocycles. The molecular formula is C16H24N4O5S. The number of aromatic nitrogens is 2. The van der Waals surface area contributed by atoms with E-state index in [1.54, 1.807) is 27.7 Å². The minimum atomic E-state index is -3.78. The number of nitrogens with zero attached hydrogens (tertiary/aromatic N) is 1. The first-order valence-corrected chi connectivity index (χ1v) is 9.50. The number of carbonyl (C=O) groups is 1. The van der Waals surface area contributed by atoms with Crippen LogP contribution < -0.4 is 11.0 Å². The van der Waals surface area contributed by atoms with Gasteiger partial charge in [0, 0.05) is 19.6 Å². The topological polar surface area (TPSA) is 124 Å². The van der Waals surface area contributed by atoms with E-state index in [1.165, 1.54) is 25.2 Å². The first-order chi connectivity index (χ1) is 11.9. The molecule has 2 aromatic rings. The molecule has 0 aliphatic rings. The minimum absolute atomic E-state index is 0.0484. The third kappa shape index (κ3) is 4.85. The van der Waals surface area contributed by atoms with Crippen molar-refractivity contribution in [3.8, 4) is 0 Å². The second kappa shape index (κ2) is 7.12. The average Bonchev–Trinajstić information content (AvgIpc) is 2.83. The van der Waals surface area contributed by atoms with E-state index in [1.807, 2.05) is 0 Å². The van der Waals surface area contributed by atoms with Crippen LogP contribution in [0.5, 0.6) is 0 Å². The van der Waals surface area contributed by atoms with Crippen LogP contribution in [0.1, 0.15) is 27.7 Å². The van der Waals surface area contributed by atoms with Crippen LogP contribution in [0.15, 0.2) is 27.9 Å². The summed E-state index contributed by atoms with van der Waals surface area (Å²) in [5, 5.41) is 2.60. The van der Waals surface area contributed by atoms with Gasteiger partial charge in [0.05, 0.1) is 15.9 Å². The van der Waals surface area contributed by atoms with E-state index in [0.29, 0.717) is 11.0 Å². The zero-order valence-corrected chi connectivity index (χ0v) is 16.2. The highest BCUT2D eigenvalue weighted by Gasteiger charge is 2.24. The number of nitrogens with one attached hydrogen (secondary N) is 3. The number of likely N-dealkylation sites (N-methyl/N-ethyl adjacent to an activating group) is 1. The minimum Gasteiger partial charge on any atom is -0.444 e. The molecule has 10 heteroatoms. The maximum atomic E-state index is 12.7. The monoisotopic (exact) mass is 384 g/mol. The van der Waals surface area contributed by atoms with E-state index < -0.39 is 33.4 Å². The number of H-pyrrole nitrogens is 2. The molecule has 0 radical (unpaired) electrons. The molecule has 0 aliphatic carbocycles. The first-order valence-electron chi connectivity index (χ1n) is 8.06. The van der Waals surface area contributed by atoms with Crippen molar-refractivity contribution in [2.45, 2.75) is 44.2 Å². The first kappa shape index (κ1) is 20.0. The van der Waals surface area contributed by atoms with Crippen LogP contribution >= 0.6 is 0 Å². The van der Waals surface area contributed by atoms with E-state index in [0.717, 1.165) is 4.31 Å². The van der Waals surface area contributed by atoms with Gasteiger partial charge in [0.25, 0.3) is 0 Å². The molecule has 144 valence electrons. The summed E-state index contributed by atoms with van der Waals surface area (Å²) >= 11 is 0. The second-order valence-corrected chi connectivity index (χ2v) is 9.16. The average molecular weight is 384 g/mol. The van der Waals surface area contributed by atoms with Crippen LogP contribution in [0, 0.1) is 0 Å². The van der Waals surface area contributed by atoms with E-state index >= 15 is 0 Å². The summed E-state index contributed by atoms with van der Waals surface area (Å²) in [4.78, 5) is 28.2. The van der Waals surface area contributed by atoms with Gasteiger partial charge >= 0.3 is 11.8 Å². The quantitative estimate of drug-likeness (QED) is 0.718. The lowest BCUT2D eigenvalue weighted by molar-refractivity contribution is 0.0504. The molecule has 0 saturated carbocycles. The van der Waals surface area contributed by atoms with Crippen molar-refractivity contribution in [1.82, 2.24) is 19.6 Å². The molecule has 1 unspecified atom stereocenters. The summed E-state index contributed by atoms with van der Waals surface area (Å²) in [7, 11) is -2.36. The SMILES string of the molecule is CC(CN(C)S(=O)(=O)c1ccc2[nH]c(=O)[nH]c2c1)NC(=O)OC(C)(C)C. The highest BCUT2D eigenvalue weighted by Crippen LogP contribution is 2.18. The fraction of sp³-hybridized carbons (Fsp3) is 0.500. The lowest BCUT2D eigenvalue weighted by atomic mass is 10.2. The molecule has 3 N–H and O–H groups in total. The van der Waals surface area contributed by atoms with Gasteiger partial charge in [-0.15, -0.1) is 0 Å². The van der Waals surface area contributed by atoms with Gasteiger partial charge in [-0.3, -0.25) is 0 Å². The number of amides is 1. The molecule has 0 spiro atoms. The normalized spacial score (nSPS) is 13.8. The zero-order chi connectivity index (χ0) is 19.7. The summed E-state index contributed by atoms with van der Waals surface area (Å²) in [6.45, 7) is 6.98. The second-order valence-electron chi connectivity index (χ2n) is 7.12. The molecule has 2 rings (SSSR count). The van der Waals surface area contributed by atoms with Crippen molar-refractivity contribution in [3.05, 3.63) is 28.7 Å². The number of alkyl carbamates (subject to hydrolysis) is 1. The van der Waals surface area contributed by atoms with Crippen LogP contribution in [0.25, 0.3) is 11.0 Å². The molecule has 1 atom stereocenters. The fourth-order valence-electron chi connectivity index (χ4n) is 2.39. The van der Waals surface area contributed by atoms with Crippen molar-refractivity contribution >= 4 is 27.1 Å². The van der Waals surface area contributed by atoms with Gasteiger partial charge in [-0.05, 0) is 45.9 Å². The Bertz CT molecular complexity index is 955. The van der Waals surface area contributed by atoms with Gasteiger partial charge in [0.1, 0.15) is 5.60 Å². The summed E-state index contributed by atoms with van der Waals surface area (Å²) in [5.74, 6) is 0. The predicted octanol–water partition coefficient (Wildman–Crippen LogP) is 1.39. The highest BCUT2D eigenvalue weighted by molar-refractivity contribution is 7.89. The lowest BCUT2D eigenvalue weighted by Crippen LogP contribution is -2.44. The third-order valence-electron chi connectivity index (χ3n) is 3.49. The Hall–Kier alpha value is -2.33. The van der Waals surface area contributed by atoms with E-state index in [9.17, 15) is 18.0 Å². The van der Waals surface area contributed by atoms with Gasteiger partial charge in [-0.25, -0.2) is 18.0 Å². The Kier molecular flexibility index (Phi) is 5.47. The number of hydrogen-bond donors (Lipinski definition) is 3. The Labute approximate surface area is 151 Å². The van der Waals surface area contributed by atoms with Gasteiger partial charge in [0.15, 0.2) is 0 Å². The Morgan fingerprint density at radius 1 is 1.27 bits per heavy atom. The van der Waals surface area contributed by atoms with E-state index in [4.69, 9.17) is 4.74 Å². The van der Waals surface area contributed by atoms with Gasteiger partial charge < -0.3 is 20.0 Å². The Balaban J connectivity index is 2.09. The molecule has 1 aromatic carbocycles. The van der Waals surface area contributed by atoms with Crippen LogP contribution in [0.3, 0.4) is 0 Å². The van der Waals surface area contributed by atoms with E-state index in [2.05, 4.69) is 15.3 Å². The smallest absolute Gasteiger partial charge is 0.407 e. The molecule has 0 aliphatic heterocycles. The molecule has 1 heterocycles. The lowest BCUT2D eigenvalue weighted by Gasteiger charge is -2.24. The summed E-state index contributed by atoms with van der Waals surface area (Å²) in [6.07, 6.45) is -0.609. The standard InChI is InChI=1S/C16H24N4O5S/c1-10(17-15(22)25-16(2,3)4)9-20(5)26(23,24)11-6-7-12-13(8-11)19-14(21)18-12/h6-8,10H,9H2,1-5H3,(H,17,22)(H2,18,19,21). The molecule has 9 nitrogen and oxygen atoms in total. The zero-order valence-electron chi connectivity index (χ0n) is 15.4. The van der Waals surface area contributed by atoms with E-state index in [-0.39, 0.29) is 11.4 Å². The van der Waals surface area contributed by atoms with Crippen LogP contribution in [-0.2, 0) is 14.8 Å². The van der Waals surface area contributed by atoms with Crippen molar-refractivity contribution in [2.75, 3.05) is 13.6 Å². The number of aromatic amines is 2. The molecule has 0 fully saturated rings. The van der Waals surface area contributed by atoms with Crippen LogP contribution in [0.2, 0.25) is 0 Å². The van der Waals surface area contributed by atoms with Crippen LogP contribution in [0.4, 0.5) is 4.79 Å². The summed E-state index contributed by atoms with van der Waals surface area (Å²) in [6, 6.07) is 3.88. The molecule has 26 heavy (non-hydrogen) atoms.